The number of rotatable bonds is 35. The lowest BCUT2D eigenvalue weighted by Gasteiger charge is -2.04. The molecule has 0 radical (unpaired) electrons. The van der Waals surface area contributed by atoms with Gasteiger partial charge in [-0.3, -0.25) is 0 Å². The molecule has 38 heavy (non-hydrogen) atoms. The summed E-state index contributed by atoms with van der Waals surface area (Å²) >= 11 is 0. The summed E-state index contributed by atoms with van der Waals surface area (Å²) in [6, 6.07) is 0. The Kier molecular flexibility index (Phi) is 35.7. The molecule has 0 spiro atoms. The van der Waals surface area contributed by atoms with Crippen LogP contribution >= 0.6 is 0 Å². The molecule has 0 aliphatic rings. The highest BCUT2D eigenvalue weighted by molar-refractivity contribution is 5.49. The summed E-state index contributed by atoms with van der Waals surface area (Å²) in [5, 5.41) is 0. The molecule has 0 atom stereocenters. The van der Waals surface area contributed by atoms with Crippen molar-refractivity contribution in [3.05, 3.63) is 0 Å². The second-order valence-corrected chi connectivity index (χ2v) is 12.2. The molecule has 0 aromatic rings. The molecule has 0 fully saturated rings. The van der Waals surface area contributed by atoms with Gasteiger partial charge in [-0.25, -0.2) is 0 Å². The van der Waals surface area contributed by atoms with Gasteiger partial charge in [0.2, 0.25) is 0 Å². The lowest BCUT2D eigenvalue weighted by Crippen LogP contribution is -1.85. The van der Waals surface area contributed by atoms with Crippen LogP contribution in [-0.2, 0) is 9.59 Å². The highest BCUT2D eigenvalue weighted by atomic mass is 16.1. The summed E-state index contributed by atoms with van der Waals surface area (Å²) in [4.78, 5) is 20.6. The number of hydrogen-bond acceptors (Lipinski definition) is 2. The Morgan fingerprint density at radius 2 is 0.289 bits per heavy atom. The highest BCUT2D eigenvalue weighted by Crippen LogP contribution is 2.17. The fourth-order valence-electron chi connectivity index (χ4n) is 5.76. The lowest BCUT2D eigenvalue weighted by atomic mass is 10.0. The zero-order chi connectivity index (χ0) is 27.5. The lowest BCUT2D eigenvalue weighted by molar-refractivity contribution is -0.108. The van der Waals surface area contributed by atoms with Crippen LogP contribution in [0.4, 0.5) is 0 Å². The number of aldehydes is 2. The normalized spacial score (nSPS) is 11.3. The first kappa shape index (κ1) is 37.3. The molecule has 0 N–H and O–H groups in total. The standard InChI is InChI=1S/C36H70O2/c37-35-33-31-29-27-25-23-21-19-17-15-13-11-9-7-5-3-1-2-4-6-8-10-12-14-16-18-20-22-24-26-28-30-32-34-36-38/h35-36H,1-34H2. The number of carbonyl (C=O) groups excluding carboxylic acids is 2. The van der Waals surface area contributed by atoms with Crippen LogP contribution < -0.4 is 0 Å². The van der Waals surface area contributed by atoms with Gasteiger partial charge in [0.05, 0.1) is 0 Å². The van der Waals surface area contributed by atoms with Crippen LogP contribution in [0.15, 0.2) is 0 Å². The molecule has 2 nitrogen and oxygen atoms in total. The van der Waals surface area contributed by atoms with Gasteiger partial charge in [-0.1, -0.05) is 193 Å². The average molecular weight is 535 g/mol. The minimum Gasteiger partial charge on any atom is -0.303 e. The van der Waals surface area contributed by atoms with Gasteiger partial charge in [0, 0.05) is 12.8 Å². The zero-order valence-electron chi connectivity index (χ0n) is 26.0. The van der Waals surface area contributed by atoms with E-state index in [-0.39, 0.29) is 0 Å². The van der Waals surface area contributed by atoms with Crippen molar-refractivity contribution in [1.82, 2.24) is 0 Å². The summed E-state index contributed by atoms with van der Waals surface area (Å²) in [6.07, 6.45) is 48.4. The zero-order valence-corrected chi connectivity index (χ0v) is 26.0. The molecule has 0 unspecified atom stereocenters. The predicted octanol–water partition coefficient (Wildman–Crippen LogP) is 12.6. The minimum atomic E-state index is 0.759. The van der Waals surface area contributed by atoms with Crippen molar-refractivity contribution in [2.75, 3.05) is 0 Å². The fourth-order valence-corrected chi connectivity index (χ4v) is 5.76. The van der Waals surface area contributed by atoms with Crippen LogP contribution in [0.5, 0.6) is 0 Å². The van der Waals surface area contributed by atoms with Crippen molar-refractivity contribution in [2.24, 2.45) is 0 Å². The Hall–Kier alpha value is -0.660. The van der Waals surface area contributed by atoms with Gasteiger partial charge >= 0.3 is 0 Å². The Labute approximate surface area is 240 Å². The molecule has 0 saturated carbocycles. The summed E-state index contributed by atoms with van der Waals surface area (Å²) in [7, 11) is 0. The van der Waals surface area contributed by atoms with Gasteiger partial charge in [-0.15, -0.1) is 0 Å². The predicted molar refractivity (Wildman–Crippen MR) is 169 cm³/mol. The van der Waals surface area contributed by atoms with Crippen molar-refractivity contribution < 1.29 is 9.59 Å². The molecule has 0 bridgehead atoms. The third kappa shape index (κ3) is 35.3. The first-order valence-corrected chi connectivity index (χ1v) is 17.8. The van der Waals surface area contributed by atoms with Crippen LogP contribution in [0, 0.1) is 0 Å². The summed E-state index contributed by atoms with van der Waals surface area (Å²) in [6.45, 7) is 0. The first-order valence-electron chi connectivity index (χ1n) is 17.8. The van der Waals surface area contributed by atoms with Gasteiger partial charge in [-0.05, 0) is 12.8 Å². The maximum Gasteiger partial charge on any atom is 0.119 e. The molecule has 0 heterocycles. The van der Waals surface area contributed by atoms with Crippen molar-refractivity contribution in [2.45, 2.75) is 218 Å². The van der Waals surface area contributed by atoms with Crippen LogP contribution in [-0.4, -0.2) is 12.6 Å². The van der Waals surface area contributed by atoms with Crippen LogP contribution in [0.2, 0.25) is 0 Å². The maximum atomic E-state index is 10.3. The topological polar surface area (TPSA) is 34.1 Å². The summed E-state index contributed by atoms with van der Waals surface area (Å²) in [5.74, 6) is 0. The van der Waals surface area contributed by atoms with E-state index in [1.165, 1.54) is 193 Å². The third-order valence-corrected chi connectivity index (χ3v) is 8.39. The van der Waals surface area contributed by atoms with E-state index in [1.54, 1.807) is 0 Å². The molecule has 0 amide bonds. The quantitative estimate of drug-likeness (QED) is 0.0598. The second kappa shape index (κ2) is 36.3. The molecule has 2 heteroatoms. The van der Waals surface area contributed by atoms with Gasteiger partial charge < -0.3 is 9.59 Å². The smallest absolute Gasteiger partial charge is 0.119 e. The Morgan fingerprint density at radius 3 is 0.395 bits per heavy atom. The van der Waals surface area contributed by atoms with E-state index in [0.29, 0.717) is 0 Å². The van der Waals surface area contributed by atoms with Gasteiger partial charge in [0.25, 0.3) is 0 Å². The molecule has 226 valence electrons. The molecule has 0 aromatic carbocycles. The van der Waals surface area contributed by atoms with E-state index in [2.05, 4.69) is 0 Å². The second-order valence-electron chi connectivity index (χ2n) is 12.2. The molecular formula is C36H70O2. The molecule has 0 aromatic heterocycles. The molecule has 0 rings (SSSR count). The van der Waals surface area contributed by atoms with E-state index in [9.17, 15) is 9.59 Å². The van der Waals surface area contributed by atoms with Crippen molar-refractivity contribution in [3.63, 3.8) is 0 Å². The van der Waals surface area contributed by atoms with Crippen LogP contribution in [0.1, 0.15) is 218 Å². The van der Waals surface area contributed by atoms with Gasteiger partial charge in [0.15, 0.2) is 0 Å². The van der Waals surface area contributed by atoms with E-state index in [0.717, 1.165) is 38.3 Å². The largest absolute Gasteiger partial charge is 0.303 e. The fraction of sp³-hybridized carbons (Fsp3) is 0.944. The van der Waals surface area contributed by atoms with E-state index < -0.39 is 0 Å². The molecule has 0 aliphatic carbocycles. The van der Waals surface area contributed by atoms with Crippen molar-refractivity contribution >= 4 is 12.6 Å². The van der Waals surface area contributed by atoms with Crippen molar-refractivity contribution in [3.8, 4) is 0 Å². The van der Waals surface area contributed by atoms with E-state index in [1.807, 2.05) is 0 Å². The first-order chi connectivity index (χ1) is 18.9. The monoisotopic (exact) mass is 535 g/mol. The Balaban J connectivity index is 3.02. The number of unbranched alkanes of at least 4 members (excludes halogenated alkanes) is 33. The van der Waals surface area contributed by atoms with Crippen LogP contribution in [0.25, 0.3) is 0 Å². The molecule has 0 aliphatic heterocycles. The highest BCUT2D eigenvalue weighted by Gasteiger charge is 1.97. The van der Waals surface area contributed by atoms with Crippen LogP contribution in [0.3, 0.4) is 0 Å². The van der Waals surface area contributed by atoms with Gasteiger partial charge in [-0.2, -0.15) is 0 Å². The Morgan fingerprint density at radius 1 is 0.184 bits per heavy atom. The summed E-state index contributed by atoms with van der Waals surface area (Å²) < 4.78 is 0. The van der Waals surface area contributed by atoms with Gasteiger partial charge in [0.1, 0.15) is 12.6 Å². The van der Waals surface area contributed by atoms with E-state index >= 15 is 0 Å². The number of hydrogen-bond donors (Lipinski definition) is 0. The summed E-state index contributed by atoms with van der Waals surface area (Å²) in [5.41, 5.74) is 0. The molecule has 0 saturated heterocycles. The molecular weight excluding hydrogens is 464 g/mol. The third-order valence-electron chi connectivity index (χ3n) is 8.39. The number of carbonyl (C=O) groups is 2. The van der Waals surface area contributed by atoms with E-state index in [4.69, 9.17) is 0 Å². The van der Waals surface area contributed by atoms with Crippen molar-refractivity contribution in [1.29, 1.82) is 0 Å². The average Bonchev–Trinajstić information content (AvgIpc) is 2.93. The Bertz CT molecular complexity index is 393. The maximum absolute atomic E-state index is 10.3. The minimum absolute atomic E-state index is 0.759. The SMILES string of the molecule is O=CCCCCCCCCCCCCCCCCCCCCCCCCCCCCCCCCCCC=O.